The van der Waals surface area contributed by atoms with Gasteiger partial charge in [0.25, 0.3) is 0 Å². The average Bonchev–Trinajstić information content (AvgIpc) is 2.31. The number of hydrogen-bond donors (Lipinski definition) is 1. The second-order valence-corrected chi connectivity index (χ2v) is 5.24. The van der Waals surface area contributed by atoms with Crippen LogP contribution in [-0.2, 0) is 12.0 Å². The summed E-state index contributed by atoms with van der Waals surface area (Å²) in [4.78, 5) is 0. The van der Waals surface area contributed by atoms with Crippen LogP contribution in [0.25, 0.3) is 0 Å². The largest absolute Gasteiger partial charge is 0.321 e. The van der Waals surface area contributed by atoms with E-state index in [1.165, 1.54) is 17.7 Å². The number of aryl methyl sites for hydroxylation is 1. The first-order valence-corrected chi connectivity index (χ1v) is 6.18. The van der Waals surface area contributed by atoms with Crippen molar-refractivity contribution in [2.24, 2.45) is 5.73 Å². The highest BCUT2D eigenvalue weighted by Crippen LogP contribution is 2.24. The second-order valence-electron chi connectivity index (χ2n) is 5.24. The monoisotopic (exact) mass is 261 g/mol. The zero-order valence-corrected chi connectivity index (χ0v) is 11.1. The van der Waals surface area contributed by atoms with Crippen molar-refractivity contribution < 1.29 is 8.78 Å². The van der Waals surface area contributed by atoms with Gasteiger partial charge in [0.2, 0.25) is 0 Å². The summed E-state index contributed by atoms with van der Waals surface area (Å²) >= 11 is 0. The van der Waals surface area contributed by atoms with Gasteiger partial charge in [-0.1, -0.05) is 29.8 Å². The first-order chi connectivity index (χ1) is 8.87. The van der Waals surface area contributed by atoms with Gasteiger partial charge in [-0.05, 0) is 43.5 Å². The van der Waals surface area contributed by atoms with Gasteiger partial charge in [0, 0.05) is 11.6 Å². The van der Waals surface area contributed by atoms with Crippen LogP contribution < -0.4 is 5.73 Å². The van der Waals surface area contributed by atoms with Crippen molar-refractivity contribution in [2.75, 3.05) is 0 Å². The fourth-order valence-electron chi connectivity index (χ4n) is 2.12. The second kappa shape index (κ2) is 5.10. The predicted molar refractivity (Wildman–Crippen MR) is 72.8 cm³/mol. The molecule has 0 amide bonds. The van der Waals surface area contributed by atoms with Gasteiger partial charge >= 0.3 is 0 Å². The van der Waals surface area contributed by atoms with Gasteiger partial charge < -0.3 is 5.73 Å². The van der Waals surface area contributed by atoms with E-state index < -0.39 is 17.2 Å². The molecule has 0 spiro atoms. The molecule has 3 heteroatoms. The van der Waals surface area contributed by atoms with Crippen molar-refractivity contribution in [3.63, 3.8) is 0 Å². The van der Waals surface area contributed by atoms with Gasteiger partial charge in [0.1, 0.15) is 11.6 Å². The van der Waals surface area contributed by atoms with Gasteiger partial charge in [0.15, 0.2) is 0 Å². The number of nitrogens with two attached hydrogens (primary N) is 1. The molecule has 19 heavy (non-hydrogen) atoms. The van der Waals surface area contributed by atoms with Crippen molar-refractivity contribution in [1.82, 2.24) is 0 Å². The molecule has 0 saturated carbocycles. The van der Waals surface area contributed by atoms with Gasteiger partial charge in [-0.25, -0.2) is 8.78 Å². The molecule has 0 heterocycles. The molecule has 0 aromatic heterocycles. The van der Waals surface area contributed by atoms with E-state index in [0.29, 0.717) is 12.0 Å². The summed E-state index contributed by atoms with van der Waals surface area (Å²) in [6.07, 6.45) is 0.524. The number of benzene rings is 2. The molecule has 0 radical (unpaired) electrons. The van der Waals surface area contributed by atoms with E-state index in [-0.39, 0.29) is 0 Å². The highest BCUT2D eigenvalue weighted by molar-refractivity contribution is 5.30. The van der Waals surface area contributed by atoms with Crippen LogP contribution in [-0.4, -0.2) is 0 Å². The summed E-state index contributed by atoms with van der Waals surface area (Å²) in [5.74, 6) is -1.20. The van der Waals surface area contributed by atoms with Crippen LogP contribution in [0.3, 0.4) is 0 Å². The molecule has 2 aromatic rings. The lowest BCUT2D eigenvalue weighted by Gasteiger charge is -2.25. The zero-order chi connectivity index (χ0) is 14.0. The van der Waals surface area contributed by atoms with Crippen molar-refractivity contribution >= 4 is 0 Å². The minimum absolute atomic E-state index is 0.463. The highest BCUT2D eigenvalue weighted by atomic mass is 19.1. The maximum Gasteiger partial charge on any atom is 0.126 e. The topological polar surface area (TPSA) is 26.0 Å². The minimum Gasteiger partial charge on any atom is -0.321 e. The molecule has 1 unspecified atom stereocenters. The van der Waals surface area contributed by atoms with Crippen LogP contribution in [0.5, 0.6) is 0 Å². The molecule has 0 saturated heterocycles. The van der Waals surface area contributed by atoms with Crippen LogP contribution in [0.2, 0.25) is 0 Å². The molecule has 0 aliphatic heterocycles. The Hall–Kier alpha value is -1.74. The van der Waals surface area contributed by atoms with Gasteiger partial charge in [-0.2, -0.15) is 0 Å². The number of hydrogen-bond acceptors (Lipinski definition) is 1. The SMILES string of the molecule is Cc1ccc(CC(C)(N)c2cc(F)cc(F)c2)cc1. The van der Waals surface area contributed by atoms with Crippen molar-refractivity contribution in [1.29, 1.82) is 0 Å². The molecule has 1 nitrogen and oxygen atoms in total. The maximum atomic E-state index is 13.3. The third-order valence-corrected chi connectivity index (χ3v) is 3.21. The quantitative estimate of drug-likeness (QED) is 0.896. The molecule has 0 fully saturated rings. The Morgan fingerprint density at radius 1 is 1.00 bits per heavy atom. The van der Waals surface area contributed by atoms with E-state index in [1.54, 1.807) is 6.92 Å². The summed E-state index contributed by atoms with van der Waals surface area (Å²) in [5, 5.41) is 0. The molecule has 0 aliphatic rings. The summed E-state index contributed by atoms with van der Waals surface area (Å²) < 4.78 is 26.5. The van der Waals surface area contributed by atoms with E-state index in [9.17, 15) is 8.78 Å². The summed E-state index contributed by atoms with van der Waals surface area (Å²) in [7, 11) is 0. The highest BCUT2D eigenvalue weighted by Gasteiger charge is 2.23. The molecule has 0 aliphatic carbocycles. The minimum atomic E-state index is -0.807. The average molecular weight is 261 g/mol. The maximum absolute atomic E-state index is 13.3. The van der Waals surface area contributed by atoms with E-state index >= 15 is 0 Å². The van der Waals surface area contributed by atoms with Crippen LogP contribution in [0.15, 0.2) is 42.5 Å². The third kappa shape index (κ3) is 3.38. The Morgan fingerprint density at radius 2 is 1.53 bits per heavy atom. The van der Waals surface area contributed by atoms with E-state index in [1.807, 2.05) is 31.2 Å². The van der Waals surface area contributed by atoms with E-state index in [2.05, 4.69) is 0 Å². The van der Waals surface area contributed by atoms with Crippen molar-refractivity contribution in [3.8, 4) is 0 Å². The third-order valence-electron chi connectivity index (χ3n) is 3.21. The lowest BCUT2D eigenvalue weighted by molar-refractivity contribution is 0.478. The predicted octanol–water partition coefficient (Wildman–Crippen LogP) is 3.69. The Labute approximate surface area is 112 Å². The van der Waals surface area contributed by atoms with Crippen molar-refractivity contribution in [2.45, 2.75) is 25.8 Å². The Balaban J connectivity index is 2.28. The molecular weight excluding hydrogens is 244 g/mol. The Bertz CT molecular complexity index is 554. The summed E-state index contributed by atoms with van der Waals surface area (Å²) in [6, 6.07) is 11.4. The van der Waals surface area contributed by atoms with Gasteiger partial charge in [-0.15, -0.1) is 0 Å². The van der Waals surface area contributed by atoms with Crippen LogP contribution >= 0.6 is 0 Å². The molecule has 2 aromatic carbocycles. The molecule has 0 bridgehead atoms. The standard InChI is InChI=1S/C16H17F2N/c1-11-3-5-12(6-4-11)10-16(2,19)13-7-14(17)9-15(18)8-13/h3-9H,10,19H2,1-2H3. The molecule has 2 N–H and O–H groups in total. The zero-order valence-electron chi connectivity index (χ0n) is 11.1. The van der Waals surface area contributed by atoms with Crippen LogP contribution in [0.4, 0.5) is 8.78 Å². The van der Waals surface area contributed by atoms with Crippen LogP contribution in [0, 0.1) is 18.6 Å². The molecular formula is C16H17F2N. The number of rotatable bonds is 3. The lowest BCUT2D eigenvalue weighted by atomic mass is 9.86. The first-order valence-electron chi connectivity index (χ1n) is 6.18. The van der Waals surface area contributed by atoms with Gasteiger partial charge in [0.05, 0.1) is 0 Å². The smallest absolute Gasteiger partial charge is 0.126 e. The molecule has 100 valence electrons. The summed E-state index contributed by atoms with van der Waals surface area (Å²) in [5.41, 5.74) is 8.08. The molecule has 2 rings (SSSR count). The van der Waals surface area contributed by atoms with Crippen LogP contribution in [0.1, 0.15) is 23.6 Å². The fraction of sp³-hybridized carbons (Fsp3) is 0.250. The van der Waals surface area contributed by atoms with E-state index in [0.717, 1.165) is 11.6 Å². The molecule has 1 atom stereocenters. The Morgan fingerprint density at radius 3 is 2.05 bits per heavy atom. The first kappa shape index (κ1) is 13.7. The lowest BCUT2D eigenvalue weighted by Crippen LogP contribution is -2.35. The Kier molecular flexibility index (Phi) is 3.67. The summed E-state index contributed by atoms with van der Waals surface area (Å²) in [6.45, 7) is 3.79. The fourth-order valence-corrected chi connectivity index (χ4v) is 2.12. The normalized spacial score (nSPS) is 14.2. The number of halogens is 2. The van der Waals surface area contributed by atoms with E-state index in [4.69, 9.17) is 5.73 Å². The van der Waals surface area contributed by atoms with Crippen molar-refractivity contribution in [3.05, 3.63) is 70.8 Å². The van der Waals surface area contributed by atoms with Gasteiger partial charge in [-0.3, -0.25) is 0 Å².